The Hall–Kier alpha value is -2.04. The number of urea groups is 1. The molecule has 0 heterocycles. The van der Waals surface area contributed by atoms with E-state index >= 15 is 0 Å². The molecule has 0 aliphatic heterocycles. The molecular weight excluding hydrogens is 278 g/mol. The van der Waals surface area contributed by atoms with Gasteiger partial charge in [0.1, 0.15) is 0 Å². The second kappa shape index (κ2) is 8.41. The molecule has 0 atom stereocenters. The van der Waals surface area contributed by atoms with Crippen LogP contribution in [0.3, 0.4) is 0 Å². The number of nitrogens with one attached hydrogen (secondary N) is 2. The van der Waals surface area contributed by atoms with Crippen molar-refractivity contribution in [2.45, 2.75) is 26.2 Å². The van der Waals surface area contributed by atoms with E-state index in [9.17, 15) is 9.59 Å². The van der Waals surface area contributed by atoms with Gasteiger partial charge in [0.25, 0.3) is 5.91 Å². The van der Waals surface area contributed by atoms with E-state index in [1.54, 1.807) is 12.1 Å². The van der Waals surface area contributed by atoms with E-state index in [0.717, 1.165) is 19.5 Å². The SMILES string of the molecule is CCCN(CC1CC1)C(=O)NCCNC(=O)c1ccccc1. The maximum Gasteiger partial charge on any atom is 0.317 e. The van der Waals surface area contributed by atoms with E-state index in [-0.39, 0.29) is 11.9 Å². The minimum absolute atomic E-state index is 0.0253. The van der Waals surface area contributed by atoms with Crippen LogP contribution in [0.5, 0.6) is 0 Å². The quantitative estimate of drug-likeness (QED) is 0.724. The first-order valence-electron chi connectivity index (χ1n) is 8.06. The van der Waals surface area contributed by atoms with E-state index in [2.05, 4.69) is 17.6 Å². The molecule has 120 valence electrons. The first-order valence-corrected chi connectivity index (χ1v) is 8.06. The second-order valence-corrected chi connectivity index (χ2v) is 5.74. The molecule has 2 rings (SSSR count). The molecule has 1 aliphatic carbocycles. The monoisotopic (exact) mass is 303 g/mol. The van der Waals surface area contributed by atoms with Crippen molar-refractivity contribution in [3.63, 3.8) is 0 Å². The first-order chi connectivity index (χ1) is 10.7. The second-order valence-electron chi connectivity index (χ2n) is 5.74. The Balaban J connectivity index is 1.66. The van der Waals surface area contributed by atoms with E-state index < -0.39 is 0 Å². The van der Waals surface area contributed by atoms with Crippen molar-refractivity contribution >= 4 is 11.9 Å². The smallest absolute Gasteiger partial charge is 0.317 e. The molecule has 0 radical (unpaired) electrons. The third-order valence-electron chi connectivity index (χ3n) is 3.68. The number of rotatable bonds is 8. The van der Waals surface area contributed by atoms with Gasteiger partial charge in [0.15, 0.2) is 0 Å². The molecule has 2 N–H and O–H groups in total. The number of hydrogen-bond donors (Lipinski definition) is 2. The van der Waals surface area contributed by atoms with E-state index in [1.807, 2.05) is 23.1 Å². The molecule has 0 aromatic heterocycles. The summed E-state index contributed by atoms with van der Waals surface area (Å²) in [6.07, 6.45) is 3.44. The summed E-state index contributed by atoms with van der Waals surface area (Å²) in [5.74, 6) is 0.577. The Labute approximate surface area is 132 Å². The van der Waals surface area contributed by atoms with Gasteiger partial charge in [0, 0.05) is 31.7 Å². The summed E-state index contributed by atoms with van der Waals surface area (Å²) < 4.78 is 0. The van der Waals surface area contributed by atoms with Crippen LogP contribution in [0.15, 0.2) is 30.3 Å². The Kier molecular flexibility index (Phi) is 6.25. The van der Waals surface area contributed by atoms with E-state index in [1.165, 1.54) is 12.8 Å². The molecule has 3 amide bonds. The zero-order chi connectivity index (χ0) is 15.8. The average molecular weight is 303 g/mol. The number of amides is 3. The van der Waals surface area contributed by atoms with Gasteiger partial charge in [-0.1, -0.05) is 25.1 Å². The van der Waals surface area contributed by atoms with Gasteiger partial charge in [0.05, 0.1) is 0 Å². The van der Waals surface area contributed by atoms with Gasteiger partial charge in [-0.15, -0.1) is 0 Å². The van der Waals surface area contributed by atoms with Crippen molar-refractivity contribution in [3.8, 4) is 0 Å². The molecule has 1 saturated carbocycles. The predicted molar refractivity (Wildman–Crippen MR) is 86.8 cm³/mol. The molecule has 22 heavy (non-hydrogen) atoms. The maximum absolute atomic E-state index is 12.1. The highest BCUT2D eigenvalue weighted by Gasteiger charge is 2.26. The van der Waals surface area contributed by atoms with Gasteiger partial charge in [-0.2, -0.15) is 0 Å². The molecule has 1 fully saturated rings. The highest BCUT2D eigenvalue weighted by molar-refractivity contribution is 5.94. The minimum Gasteiger partial charge on any atom is -0.350 e. The fourth-order valence-corrected chi connectivity index (χ4v) is 2.31. The van der Waals surface area contributed by atoms with Gasteiger partial charge in [-0.05, 0) is 37.3 Å². The van der Waals surface area contributed by atoms with Gasteiger partial charge < -0.3 is 15.5 Å². The number of hydrogen-bond acceptors (Lipinski definition) is 2. The molecule has 5 heteroatoms. The van der Waals surface area contributed by atoms with Crippen molar-refractivity contribution in [3.05, 3.63) is 35.9 Å². The Morgan fingerprint density at radius 1 is 1.14 bits per heavy atom. The lowest BCUT2D eigenvalue weighted by molar-refractivity contribution is 0.0953. The maximum atomic E-state index is 12.1. The van der Waals surface area contributed by atoms with Crippen LogP contribution >= 0.6 is 0 Å². The lowest BCUT2D eigenvalue weighted by Crippen LogP contribution is -2.44. The highest BCUT2D eigenvalue weighted by Crippen LogP contribution is 2.29. The topological polar surface area (TPSA) is 61.4 Å². The van der Waals surface area contributed by atoms with Crippen molar-refractivity contribution in [1.82, 2.24) is 15.5 Å². The summed E-state index contributed by atoms with van der Waals surface area (Å²) >= 11 is 0. The molecule has 1 aromatic rings. The lowest BCUT2D eigenvalue weighted by atomic mass is 10.2. The van der Waals surface area contributed by atoms with Gasteiger partial charge in [-0.25, -0.2) is 4.79 Å². The Morgan fingerprint density at radius 2 is 1.82 bits per heavy atom. The van der Waals surface area contributed by atoms with Crippen LogP contribution in [0.4, 0.5) is 4.79 Å². The third-order valence-corrected chi connectivity index (χ3v) is 3.68. The average Bonchev–Trinajstić information content (AvgIpc) is 3.35. The van der Waals surface area contributed by atoms with Crippen molar-refractivity contribution in [2.24, 2.45) is 5.92 Å². The summed E-state index contributed by atoms with van der Waals surface area (Å²) in [6, 6.07) is 9.05. The van der Waals surface area contributed by atoms with Crippen LogP contribution in [0.1, 0.15) is 36.5 Å². The predicted octanol–water partition coefficient (Wildman–Crippen LogP) is 2.25. The number of carbonyl (C=O) groups excluding carboxylic acids is 2. The Morgan fingerprint density at radius 3 is 2.45 bits per heavy atom. The lowest BCUT2D eigenvalue weighted by Gasteiger charge is -2.22. The standard InChI is InChI=1S/C17H25N3O2/c1-2-12-20(13-14-8-9-14)17(22)19-11-10-18-16(21)15-6-4-3-5-7-15/h3-7,14H,2,8-13H2,1H3,(H,18,21)(H,19,22). The molecule has 1 aliphatic rings. The summed E-state index contributed by atoms with van der Waals surface area (Å²) in [5, 5.41) is 5.69. The first kappa shape index (κ1) is 16.3. The minimum atomic E-state index is -0.113. The fraction of sp³-hybridized carbons (Fsp3) is 0.529. The van der Waals surface area contributed by atoms with Crippen LogP contribution in [-0.4, -0.2) is 43.0 Å². The van der Waals surface area contributed by atoms with Crippen molar-refractivity contribution in [1.29, 1.82) is 0 Å². The van der Waals surface area contributed by atoms with Crippen LogP contribution in [0.2, 0.25) is 0 Å². The molecular formula is C17H25N3O2. The summed E-state index contributed by atoms with van der Waals surface area (Å²) in [4.78, 5) is 25.8. The van der Waals surface area contributed by atoms with Gasteiger partial charge in [0.2, 0.25) is 0 Å². The Bertz CT molecular complexity index is 486. The molecule has 0 unspecified atom stereocenters. The zero-order valence-corrected chi connectivity index (χ0v) is 13.2. The van der Waals surface area contributed by atoms with Crippen LogP contribution in [-0.2, 0) is 0 Å². The van der Waals surface area contributed by atoms with Crippen LogP contribution in [0, 0.1) is 5.92 Å². The molecule has 0 saturated heterocycles. The van der Waals surface area contributed by atoms with Crippen LogP contribution in [0.25, 0.3) is 0 Å². The number of carbonyl (C=O) groups is 2. The van der Waals surface area contributed by atoms with Crippen molar-refractivity contribution in [2.75, 3.05) is 26.2 Å². The van der Waals surface area contributed by atoms with Crippen molar-refractivity contribution < 1.29 is 9.59 Å². The third kappa shape index (κ3) is 5.39. The normalized spacial score (nSPS) is 13.5. The zero-order valence-electron chi connectivity index (χ0n) is 13.2. The largest absolute Gasteiger partial charge is 0.350 e. The number of benzene rings is 1. The van der Waals surface area contributed by atoms with Gasteiger partial charge >= 0.3 is 6.03 Å². The number of nitrogens with zero attached hydrogens (tertiary/aromatic N) is 1. The van der Waals surface area contributed by atoms with E-state index in [4.69, 9.17) is 0 Å². The highest BCUT2D eigenvalue weighted by atomic mass is 16.2. The van der Waals surface area contributed by atoms with Crippen LogP contribution < -0.4 is 10.6 Å². The summed E-state index contributed by atoms with van der Waals surface area (Å²) in [7, 11) is 0. The molecule has 1 aromatic carbocycles. The molecule has 0 spiro atoms. The van der Waals surface area contributed by atoms with Gasteiger partial charge in [-0.3, -0.25) is 4.79 Å². The summed E-state index contributed by atoms with van der Waals surface area (Å²) in [5.41, 5.74) is 0.634. The molecule has 5 nitrogen and oxygen atoms in total. The fourth-order valence-electron chi connectivity index (χ4n) is 2.31. The van der Waals surface area contributed by atoms with E-state index in [0.29, 0.717) is 24.6 Å². The summed E-state index contributed by atoms with van der Waals surface area (Å²) in [6.45, 7) is 4.60. The molecule has 0 bridgehead atoms.